The first-order valence-electron chi connectivity index (χ1n) is 4.96. The molecule has 0 aliphatic carbocycles. The molecule has 0 saturated carbocycles. The second kappa shape index (κ2) is 6.68. The fraction of sp³-hybridized carbons (Fsp3) is 0.636. The van der Waals surface area contributed by atoms with Crippen molar-refractivity contribution in [1.29, 1.82) is 0 Å². The van der Waals surface area contributed by atoms with Gasteiger partial charge in [-0.05, 0) is 27.2 Å². The molecule has 0 aromatic rings. The smallest absolute Gasteiger partial charge is 0.322 e. The Morgan fingerprint density at radius 2 is 1.94 bits per heavy atom. The molecule has 4 nitrogen and oxygen atoms in total. The van der Waals surface area contributed by atoms with Crippen molar-refractivity contribution in [2.45, 2.75) is 37.9 Å². The van der Waals surface area contributed by atoms with Crippen molar-refractivity contribution < 1.29 is 19.1 Å². The van der Waals surface area contributed by atoms with E-state index >= 15 is 0 Å². The molecule has 0 saturated heterocycles. The molecular weight excluding hydrogens is 276 g/mol. The average molecular weight is 293 g/mol. The van der Waals surface area contributed by atoms with Crippen LogP contribution in [0.1, 0.15) is 33.6 Å². The number of hydrogen-bond donors (Lipinski definition) is 0. The molecule has 0 spiro atoms. The second-order valence-corrected chi connectivity index (χ2v) is 5.87. The molecule has 92 valence electrons. The summed E-state index contributed by atoms with van der Waals surface area (Å²) in [6.07, 6.45) is 0.657. The number of rotatable bonds is 6. The maximum atomic E-state index is 11.3. The monoisotopic (exact) mass is 292 g/mol. The zero-order valence-electron chi connectivity index (χ0n) is 9.84. The first-order chi connectivity index (χ1) is 7.23. The third-order valence-electron chi connectivity index (χ3n) is 1.53. The van der Waals surface area contributed by atoms with Crippen LogP contribution >= 0.6 is 15.9 Å². The molecule has 0 aromatic heterocycles. The predicted octanol–water partition coefficient (Wildman–Crippen LogP) is 2.56. The lowest BCUT2D eigenvalue weighted by molar-refractivity contribution is -0.147. The normalized spacial score (nSPS) is 10.8. The van der Waals surface area contributed by atoms with Crippen molar-refractivity contribution in [2.75, 3.05) is 6.61 Å². The van der Waals surface area contributed by atoms with Gasteiger partial charge in [-0.25, -0.2) is 0 Å². The molecule has 0 bridgehead atoms. The molecule has 0 rings (SSSR count). The first-order valence-corrected chi connectivity index (χ1v) is 5.75. The summed E-state index contributed by atoms with van der Waals surface area (Å²) in [7, 11) is 0. The summed E-state index contributed by atoms with van der Waals surface area (Å²) in [5.74, 6) is -0.342. The minimum atomic E-state index is -0.689. The number of ether oxygens (including phenoxy) is 2. The van der Waals surface area contributed by atoms with Gasteiger partial charge in [0.25, 0.3) is 0 Å². The van der Waals surface area contributed by atoms with E-state index in [1.165, 1.54) is 0 Å². The summed E-state index contributed by atoms with van der Waals surface area (Å²) in [5.41, 5.74) is 0. The molecule has 0 atom stereocenters. The van der Waals surface area contributed by atoms with Crippen LogP contribution in [0.25, 0.3) is 0 Å². The first kappa shape index (κ1) is 15.2. The molecule has 0 amide bonds. The van der Waals surface area contributed by atoms with E-state index in [2.05, 4.69) is 22.5 Å². The third kappa shape index (κ3) is 7.45. The maximum Gasteiger partial charge on any atom is 0.322 e. The summed E-state index contributed by atoms with van der Waals surface area (Å²) in [5, 5.41) is 0. The van der Waals surface area contributed by atoms with Gasteiger partial charge in [-0.15, -0.1) is 0 Å². The predicted molar refractivity (Wildman–Crippen MR) is 64.1 cm³/mol. The largest absolute Gasteiger partial charge is 0.465 e. The fourth-order valence-corrected chi connectivity index (χ4v) is 0.913. The summed E-state index contributed by atoms with van der Waals surface area (Å²) in [6, 6.07) is 0. The van der Waals surface area contributed by atoms with Gasteiger partial charge in [-0.2, -0.15) is 0 Å². The average Bonchev–Trinajstić information content (AvgIpc) is 2.09. The van der Waals surface area contributed by atoms with Gasteiger partial charge < -0.3 is 9.47 Å². The third-order valence-corrected chi connectivity index (χ3v) is 1.86. The van der Waals surface area contributed by atoms with E-state index in [1.807, 2.05) is 0 Å². The Bertz CT molecular complexity index is 278. The van der Waals surface area contributed by atoms with Crippen LogP contribution < -0.4 is 0 Å². The van der Waals surface area contributed by atoms with Gasteiger partial charge >= 0.3 is 11.9 Å². The highest BCUT2D eigenvalue weighted by atomic mass is 79.9. The highest BCUT2D eigenvalue weighted by molar-refractivity contribution is 9.10. The van der Waals surface area contributed by atoms with E-state index in [1.54, 1.807) is 20.8 Å². The molecule has 16 heavy (non-hydrogen) atoms. The number of allylic oxidation sites excluding steroid dienone is 1. The van der Waals surface area contributed by atoms with Gasteiger partial charge in [-0.1, -0.05) is 22.5 Å². The summed E-state index contributed by atoms with van der Waals surface area (Å²) >= 11 is 3.18. The van der Waals surface area contributed by atoms with Gasteiger partial charge in [0.15, 0.2) is 0 Å². The zero-order chi connectivity index (χ0) is 12.8. The van der Waals surface area contributed by atoms with Crippen LogP contribution in [0.4, 0.5) is 0 Å². The lowest BCUT2D eigenvalue weighted by atomic mass is 10.2. The van der Waals surface area contributed by atoms with Crippen LogP contribution in [0, 0.1) is 0 Å². The lowest BCUT2D eigenvalue weighted by Gasteiger charge is -2.14. The fourth-order valence-electron chi connectivity index (χ4n) is 0.798. The topological polar surface area (TPSA) is 52.6 Å². The van der Waals surface area contributed by atoms with Crippen molar-refractivity contribution >= 4 is 27.9 Å². The van der Waals surface area contributed by atoms with Crippen LogP contribution in [0.5, 0.6) is 0 Å². The molecule has 0 unspecified atom stereocenters. The van der Waals surface area contributed by atoms with E-state index in [-0.39, 0.29) is 25.0 Å². The second-order valence-electron chi connectivity index (χ2n) is 3.89. The van der Waals surface area contributed by atoms with Gasteiger partial charge in [0.1, 0.15) is 4.32 Å². The van der Waals surface area contributed by atoms with Crippen molar-refractivity contribution in [1.82, 2.24) is 0 Å². The SMILES string of the molecule is C=C(C)OC(=O)CCCOC(=O)C(C)(C)Br. The van der Waals surface area contributed by atoms with Gasteiger partial charge in [0.05, 0.1) is 12.4 Å². The number of carbonyl (C=O) groups is 2. The Morgan fingerprint density at radius 1 is 1.38 bits per heavy atom. The van der Waals surface area contributed by atoms with Crippen LogP contribution in [-0.4, -0.2) is 22.9 Å². The molecule has 0 heterocycles. The van der Waals surface area contributed by atoms with Gasteiger partial charge in [-0.3, -0.25) is 9.59 Å². The van der Waals surface area contributed by atoms with Crippen LogP contribution in [0.2, 0.25) is 0 Å². The Labute approximate surface area is 104 Å². The molecule has 0 aliphatic heterocycles. The molecule has 0 aromatic carbocycles. The molecular formula is C11H17BrO4. The lowest BCUT2D eigenvalue weighted by Crippen LogP contribution is -2.27. The summed E-state index contributed by atoms with van der Waals surface area (Å²) in [4.78, 5) is 22.3. The number of alkyl halides is 1. The van der Waals surface area contributed by atoms with E-state index in [9.17, 15) is 9.59 Å². The Hall–Kier alpha value is -0.840. The molecule has 0 fully saturated rings. The van der Waals surface area contributed by atoms with E-state index in [0.29, 0.717) is 12.2 Å². The Morgan fingerprint density at radius 3 is 2.38 bits per heavy atom. The van der Waals surface area contributed by atoms with E-state index < -0.39 is 4.32 Å². The van der Waals surface area contributed by atoms with Gasteiger partial charge in [0.2, 0.25) is 0 Å². The number of hydrogen-bond acceptors (Lipinski definition) is 4. The van der Waals surface area contributed by atoms with Crippen LogP contribution in [0.15, 0.2) is 12.3 Å². The number of esters is 2. The maximum absolute atomic E-state index is 11.3. The standard InChI is InChI=1S/C11H17BrO4/c1-8(2)16-9(13)6-5-7-15-10(14)11(3,4)12/h1,5-7H2,2-4H3. The van der Waals surface area contributed by atoms with Crippen LogP contribution in [-0.2, 0) is 19.1 Å². The molecule has 0 radical (unpaired) electrons. The summed E-state index contributed by atoms with van der Waals surface area (Å²) in [6.45, 7) is 8.66. The Kier molecular flexibility index (Phi) is 6.33. The molecule has 5 heteroatoms. The number of carbonyl (C=O) groups excluding carboxylic acids is 2. The zero-order valence-corrected chi connectivity index (χ0v) is 11.4. The van der Waals surface area contributed by atoms with Crippen molar-refractivity contribution in [3.8, 4) is 0 Å². The number of halogens is 1. The molecule has 0 aliphatic rings. The van der Waals surface area contributed by atoms with E-state index in [0.717, 1.165) is 0 Å². The highest BCUT2D eigenvalue weighted by Gasteiger charge is 2.25. The molecule has 0 N–H and O–H groups in total. The van der Waals surface area contributed by atoms with Crippen molar-refractivity contribution in [3.63, 3.8) is 0 Å². The Balaban J connectivity index is 3.65. The highest BCUT2D eigenvalue weighted by Crippen LogP contribution is 2.17. The van der Waals surface area contributed by atoms with Crippen molar-refractivity contribution in [3.05, 3.63) is 12.3 Å². The quantitative estimate of drug-likeness (QED) is 0.327. The van der Waals surface area contributed by atoms with Crippen LogP contribution in [0.3, 0.4) is 0 Å². The van der Waals surface area contributed by atoms with Gasteiger partial charge in [0, 0.05) is 6.42 Å². The van der Waals surface area contributed by atoms with Crippen molar-refractivity contribution in [2.24, 2.45) is 0 Å². The summed E-state index contributed by atoms with van der Waals surface area (Å²) < 4.78 is 9.00. The van der Waals surface area contributed by atoms with E-state index in [4.69, 9.17) is 9.47 Å². The minimum absolute atomic E-state index is 0.207. The minimum Gasteiger partial charge on any atom is -0.465 e.